The minimum Gasteiger partial charge on any atom is -0.322 e. The van der Waals surface area contributed by atoms with E-state index in [4.69, 9.17) is 5.73 Å². The van der Waals surface area contributed by atoms with Crippen LogP contribution in [-0.2, 0) is 4.79 Å². The molecule has 0 radical (unpaired) electrons. The monoisotopic (exact) mass is 159 g/mol. The number of nitrogens with zero attached hydrogens (tertiary/aromatic N) is 3. The van der Waals surface area contributed by atoms with Crippen LogP contribution in [-0.4, -0.2) is 27.3 Å². The van der Waals surface area contributed by atoms with Gasteiger partial charge in [-0.15, -0.1) is 0 Å². The number of nitrogens with one attached hydrogen (secondary N) is 1. The highest BCUT2D eigenvalue weighted by Crippen LogP contribution is 2.02. The first-order valence-electron chi connectivity index (χ1n) is 2.48. The van der Waals surface area contributed by atoms with Gasteiger partial charge in [-0.3, -0.25) is 10.1 Å². The Kier molecular flexibility index (Phi) is 2.24. The Morgan fingerprint density at radius 1 is 1.80 bits per heavy atom. The number of aromatic nitrogens is 3. The average molecular weight is 159 g/mol. The summed E-state index contributed by atoms with van der Waals surface area (Å²) in [6.45, 7) is -0.0560. The largest absolute Gasteiger partial charge is 0.322 e. The molecule has 0 aliphatic heterocycles. The van der Waals surface area contributed by atoms with E-state index in [0.717, 1.165) is 11.5 Å². The first-order valence-corrected chi connectivity index (χ1v) is 3.25. The second-order valence-electron chi connectivity index (χ2n) is 1.42. The summed E-state index contributed by atoms with van der Waals surface area (Å²) in [6.07, 6.45) is 0. The van der Waals surface area contributed by atoms with E-state index >= 15 is 0 Å². The lowest BCUT2D eigenvalue weighted by Crippen LogP contribution is -2.21. The van der Waals surface area contributed by atoms with E-state index in [2.05, 4.69) is 20.1 Å². The highest BCUT2D eigenvalue weighted by molar-refractivity contribution is 7.09. The topological polar surface area (TPSA) is 93.8 Å². The zero-order valence-electron chi connectivity index (χ0n) is 4.94. The summed E-state index contributed by atoms with van der Waals surface area (Å²) in [4.78, 5) is 10.6. The van der Waals surface area contributed by atoms with Crippen LogP contribution >= 0.6 is 11.5 Å². The molecule has 54 valence electrons. The fourth-order valence-electron chi connectivity index (χ4n) is 0.352. The summed E-state index contributed by atoms with van der Waals surface area (Å²) >= 11 is 1.01. The van der Waals surface area contributed by atoms with E-state index in [1.807, 2.05) is 0 Å². The second kappa shape index (κ2) is 3.18. The summed E-state index contributed by atoms with van der Waals surface area (Å²) in [7, 11) is 0. The molecular formula is C3H5N5OS. The number of anilines is 1. The zero-order chi connectivity index (χ0) is 7.40. The standard InChI is InChI=1S/C3H5N5OS/c4-1-2(9)5-3-6-7-8-10-3/h1,4H2,(H,5,6,8,9). The molecule has 0 aliphatic carbocycles. The third-order valence-corrected chi connectivity index (χ3v) is 1.24. The molecule has 1 aromatic rings. The van der Waals surface area contributed by atoms with Crippen molar-refractivity contribution in [3.63, 3.8) is 0 Å². The van der Waals surface area contributed by atoms with Gasteiger partial charge in [0.1, 0.15) is 0 Å². The Morgan fingerprint density at radius 2 is 2.60 bits per heavy atom. The Hall–Kier alpha value is -1.08. The van der Waals surface area contributed by atoms with Crippen LogP contribution in [0.5, 0.6) is 0 Å². The Bertz CT molecular complexity index is 209. The van der Waals surface area contributed by atoms with Crippen molar-refractivity contribution in [1.29, 1.82) is 0 Å². The van der Waals surface area contributed by atoms with Crippen molar-refractivity contribution in [1.82, 2.24) is 14.8 Å². The summed E-state index contributed by atoms with van der Waals surface area (Å²) in [5.41, 5.74) is 5.01. The summed E-state index contributed by atoms with van der Waals surface area (Å²) in [5, 5.41) is 9.51. The number of carbonyl (C=O) groups excluding carboxylic acids is 1. The van der Waals surface area contributed by atoms with Crippen LogP contribution in [0.4, 0.5) is 5.13 Å². The minimum absolute atomic E-state index is 0.0560. The smallest absolute Gasteiger partial charge is 0.239 e. The van der Waals surface area contributed by atoms with Gasteiger partial charge < -0.3 is 5.73 Å². The Morgan fingerprint density at radius 3 is 3.10 bits per heavy atom. The molecule has 6 nitrogen and oxygen atoms in total. The molecule has 0 aliphatic rings. The molecule has 0 saturated carbocycles. The van der Waals surface area contributed by atoms with Gasteiger partial charge in [-0.05, 0) is 5.21 Å². The second-order valence-corrected chi connectivity index (χ2v) is 2.15. The van der Waals surface area contributed by atoms with Gasteiger partial charge in [-0.25, -0.2) is 0 Å². The maximum absolute atomic E-state index is 10.6. The highest BCUT2D eigenvalue weighted by Gasteiger charge is 2.00. The van der Waals surface area contributed by atoms with Crippen LogP contribution in [0.1, 0.15) is 0 Å². The summed E-state index contributed by atoms with van der Waals surface area (Å²) in [6, 6.07) is 0. The van der Waals surface area contributed by atoms with Gasteiger partial charge in [-0.1, -0.05) is 9.59 Å². The van der Waals surface area contributed by atoms with Crippen LogP contribution < -0.4 is 11.1 Å². The molecule has 0 fully saturated rings. The highest BCUT2D eigenvalue weighted by atomic mass is 32.1. The number of rotatable bonds is 2. The van der Waals surface area contributed by atoms with E-state index < -0.39 is 0 Å². The van der Waals surface area contributed by atoms with E-state index in [-0.39, 0.29) is 12.5 Å². The van der Waals surface area contributed by atoms with E-state index in [9.17, 15) is 4.79 Å². The summed E-state index contributed by atoms with van der Waals surface area (Å²) in [5.74, 6) is -0.293. The van der Waals surface area contributed by atoms with Crippen LogP contribution in [0.25, 0.3) is 0 Å². The molecule has 7 heteroatoms. The average Bonchev–Trinajstić information content (AvgIpc) is 2.40. The van der Waals surface area contributed by atoms with Crippen molar-refractivity contribution in [3.8, 4) is 0 Å². The van der Waals surface area contributed by atoms with Crippen molar-refractivity contribution in [2.75, 3.05) is 11.9 Å². The Labute approximate surface area is 60.6 Å². The van der Waals surface area contributed by atoms with Crippen molar-refractivity contribution >= 4 is 22.6 Å². The van der Waals surface area contributed by atoms with Crippen molar-refractivity contribution in [2.24, 2.45) is 5.73 Å². The van der Waals surface area contributed by atoms with Gasteiger partial charge in [0, 0.05) is 11.5 Å². The van der Waals surface area contributed by atoms with Crippen molar-refractivity contribution in [3.05, 3.63) is 0 Å². The lowest BCUT2D eigenvalue weighted by molar-refractivity contribution is -0.114. The van der Waals surface area contributed by atoms with Gasteiger partial charge in [-0.2, -0.15) is 0 Å². The predicted octanol–water partition coefficient (Wildman–Crippen LogP) is -1.17. The third kappa shape index (κ3) is 1.71. The molecule has 0 spiro atoms. The third-order valence-electron chi connectivity index (χ3n) is 0.731. The molecule has 1 heterocycles. The number of amides is 1. The molecular weight excluding hydrogens is 154 g/mol. The normalized spacial score (nSPS) is 9.30. The fourth-order valence-corrected chi connectivity index (χ4v) is 0.735. The predicted molar refractivity (Wildman–Crippen MR) is 35.4 cm³/mol. The zero-order valence-corrected chi connectivity index (χ0v) is 5.76. The molecule has 0 saturated heterocycles. The van der Waals surface area contributed by atoms with E-state index in [0.29, 0.717) is 5.13 Å². The number of carbonyl (C=O) groups is 1. The van der Waals surface area contributed by atoms with E-state index in [1.165, 1.54) is 0 Å². The first kappa shape index (κ1) is 7.03. The molecule has 1 aromatic heterocycles. The van der Waals surface area contributed by atoms with E-state index in [1.54, 1.807) is 0 Å². The van der Waals surface area contributed by atoms with Gasteiger partial charge in [0.25, 0.3) is 0 Å². The SMILES string of the molecule is NCC(=O)Nc1nnns1. The molecule has 0 atom stereocenters. The number of hydrogen-bond donors (Lipinski definition) is 2. The minimum atomic E-state index is -0.293. The molecule has 3 N–H and O–H groups in total. The fraction of sp³-hybridized carbons (Fsp3) is 0.333. The van der Waals surface area contributed by atoms with Crippen LogP contribution in [0, 0.1) is 0 Å². The lowest BCUT2D eigenvalue weighted by Gasteiger charge is -1.92. The lowest BCUT2D eigenvalue weighted by atomic mass is 10.6. The number of hydrogen-bond acceptors (Lipinski definition) is 6. The van der Waals surface area contributed by atoms with Crippen LogP contribution in [0.15, 0.2) is 0 Å². The molecule has 1 amide bonds. The quantitative estimate of drug-likeness (QED) is 0.567. The molecule has 1 rings (SSSR count). The molecule has 0 aromatic carbocycles. The molecule has 0 unspecified atom stereocenters. The van der Waals surface area contributed by atoms with Crippen LogP contribution in [0.3, 0.4) is 0 Å². The van der Waals surface area contributed by atoms with Crippen molar-refractivity contribution in [2.45, 2.75) is 0 Å². The van der Waals surface area contributed by atoms with Gasteiger partial charge in [0.15, 0.2) is 0 Å². The summed E-state index contributed by atoms with van der Waals surface area (Å²) < 4.78 is 3.43. The van der Waals surface area contributed by atoms with Crippen LogP contribution in [0.2, 0.25) is 0 Å². The maximum Gasteiger partial charge on any atom is 0.239 e. The Balaban J connectivity index is 2.48. The molecule has 10 heavy (non-hydrogen) atoms. The van der Waals surface area contributed by atoms with Crippen molar-refractivity contribution < 1.29 is 4.79 Å². The van der Waals surface area contributed by atoms with Gasteiger partial charge in [0.05, 0.1) is 6.54 Å². The molecule has 0 bridgehead atoms. The maximum atomic E-state index is 10.6. The van der Waals surface area contributed by atoms with Gasteiger partial charge in [0.2, 0.25) is 11.0 Å². The number of nitrogens with two attached hydrogens (primary N) is 1. The first-order chi connectivity index (χ1) is 4.83. The van der Waals surface area contributed by atoms with Gasteiger partial charge >= 0.3 is 0 Å².